The Kier molecular flexibility index (Phi) is 3.67. The Hall–Kier alpha value is -1.57. The fourth-order valence-corrected chi connectivity index (χ4v) is 1.48. The highest BCUT2D eigenvalue weighted by Crippen LogP contribution is 2.16. The van der Waals surface area contributed by atoms with Gasteiger partial charge in [-0.1, -0.05) is 24.8 Å². The molecular formula is C13H16O2. The van der Waals surface area contributed by atoms with Gasteiger partial charge in [0, 0.05) is 5.57 Å². The Balaban J connectivity index is 2.70. The first-order valence-corrected chi connectivity index (χ1v) is 4.98. The molecule has 0 fully saturated rings. The lowest BCUT2D eigenvalue weighted by molar-refractivity contribution is -0.132. The smallest absolute Gasteiger partial charge is 0.330 e. The van der Waals surface area contributed by atoms with Crippen molar-refractivity contribution in [1.82, 2.24) is 0 Å². The molecule has 0 heterocycles. The highest BCUT2D eigenvalue weighted by atomic mass is 16.4. The summed E-state index contributed by atoms with van der Waals surface area (Å²) in [5.74, 6) is -0.902. The minimum Gasteiger partial charge on any atom is -0.478 e. The lowest BCUT2D eigenvalue weighted by atomic mass is 9.98. The van der Waals surface area contributed by atoms with E-state index in [0.29, 0.717) is 6.42 Å². The van der Waals surface area contributed by atoms with Gasteiger partial charge in [-0.15, -0.1) is 0 Å². The summed E-state index contributed by atoms with van der Waals surface area (Å²) in [5, 5.41) is 8.68. The van der Waals surface area contributed by atoms with Gasteiger partial charge in [-0.3, -0.25) is 0 Å². The molecule has 0 atom stereocenters. The van der Waals surface area contributed by atoms with Gasteiger partial charge in [0.25, 0.3) is 0 Å². The molecule has 0 radical (unpaired) electrons. The summed E-state index contributed by atoms with van der Waals surface area (Å²) in [4.78, 5) is 10.6. The van der Waals surface area contributed by atoms with Crippen LogP contribution in [0.3, 0.4) is 0 Å². The number of hydrogen-bond acceptors (Lipinski definition) is 1. The molecule has 15 heavy (non-hydrogen) atoms. The molecule has 0 aromatic heterocycles. The van der Waals surface area contributed by atoms with E-state index in [1.54, 1.807) is 0 Å². The molecule has 1 rings (SSSR count). The Labute approximate surface area is 90.3 Å². The van der Waals surface area contributed by atoms with Crippen LogP contribution in [0.1, 0.15) is 23.1 Å². The number of rotatable bonds is 4. The first-order chi connectivity index (χ1) is 7.02. The SMILES string of the molecule is C=C(CCc1cccc(C)c1C)C(=O)O. The van der Waals surface area contributed by atoms with Gasteiger partial charge in [-0.2, -0.15) is 0 Å². The third-order valence-corrected chi connectivity index (χ3v) is 2.72. The van der Waals surface area contributed by atoms with Crippen LogP contribution in [0.5, 0.6) is 0 Å². The lowest BCUT2D eigenvalue weighted by Gasteiger charge is -2.08. The van der Waals surface area contributed by atoms with Crippen molar-refractivity contribution in [2.45, 2.75) is 26.7 Å². The van der Waals surface area contributed by atoms with Crippen molar-refractivity contribution in [3.63, 3.8) is 0 Å². The Morgan fingerprint density at radius 2 is 2.07 bits per heavy atom. The fraction of sp³-hybridized carbons (Fsp3) is 0.308. The molecule has 0 aliphatic rings. The van der Waals surface area contributed by atoms with Crippen molar-refractivity contribution < 1.29 is 9.90 Å². The molecule has 2 heteroatoms. The van der Waals surface area contributed by atoms with Crippen molar-refractivity contribution in [1.29, 1.82) is 0 Å². The Morgan fingerprint density at radius 3 is 2.67 bits per heavy atom. The molecule has 0 amide bonds. The van der Waals surface area contributed by atoms with Crippen LogP contribution in [-0.2, 0) is 11.2 Å². The molecule has 2 nitrogen and oxygen atoms in total. The second-order valence-electron chi connectivity index (χ2n) is 3.77. The fourth-order valence-electron chi connectivity index (χ4n) is 1.48. The molecule has 0 aliphatic heterocycles. The maximum atomic E-state index is 10.6. The van der Waals surface area contributed by atoms with Gasteiger partial charge in [0.2, 0.25) is 0 Å². The predicted molar refractivity (Wildman–Crippen MR) is 61.0 cm³/mol. The minimum absolute atomic E-state index is 0.274. The van der Waals surface area contributed by atoms with Gasteiger partial charge >= 0.3 is 5.97 Å². The van der Waals surface area contributed by atoms with Crippen molar-refractivity contribution in [3.05, 3.63) is 47.0 Å². The van der Waals surface area contributed by atoms with Gasteiger partial charge < -0.3 is 5.11 Å². The summed E-state index contributed by atoms with van der Waals surface area (Å²) in [6.45, 7) is 7.65. The highest BCUT2D eigenvalue weighted by Gasteiger charge is 2.06. The molecule has 1 N–H and O–H groups in total. The summed E-state index contributed by atoms with van der Waals surface area (Å²) in [6, 6.07) is 6.10. The first-order valence-electron chi connectivity index (χ1n) is 4.98. The van der Waals surface area contributed by atoms with E-state index >= 15 is 0 Å². The zero-order valence-corrected chi connectivity index (χ0v) is 9.21. The van der Waals surface area contributed by atoms with Crippen LogP contribution in [0.15, 0.2) is 30.4 Å². The van der Waals surface area contributed by atoms with E-state index in [9.17, 15) is 4.79 Å². The molecule has 1 aromatic rings. The highest BCUT2D eigenvalue weighted by molar-refractivity contribution is 5.85. The van der Waals surface area contributed by atoms with Gasteiger partial charge in [-0.05, 0) is 43.4 Å². The molecule has 0 bridgehead atoms. The number of carboxylic acids is 1. The van der Waals surface area contributed by atoms with Gasteiger partial charge in [0.05, 0.1) is 0 Å². The van der Waals surface area contributed by atoms with Crippen LogP contribution < -0.4 is 0 Å². The summed E-state index contributed by atoms with van der Waals surface area (Å²) in [5.41, 5.74) is 3.97. The molecule has 0 unspecified atom stereocenters. The van der Waals surface area contributed by atoms with E-state index < -0.39 is 5.97 Å². The Morgan fingerprint density at radius 1 is 1.40 bits per heavy atom. The van der Waals surface area contributed by atoms with Gasteiger partial charge in [-0.25, -0.2) is 4.79 Å². The molecule has 1 aromatic carbocycles. The lowest BCUT2D eigenvalue weighted by Crippen LogP contribution is -2.01. The van der Waals surface area contributed by atoms with Gasteiger partial charge in [0.15, 0.2) is 0 Å². The zero-order valence-electron chi connectivity index (χ0n) is 9.21. The number of benzene rings is 1. The molecule has 0 spiro atoms. The summed E-state index contributed by atoms with van der Waals surface area (Å²) in [7, 11) is 0. The predicted octanol–water partition coefficient (Wildman–Crippen LogP) is 2.88. The number of carboxylic acid groups (broad SMARTS) is 1. The van der Waals surface area contributed by atoms with Crippen LogP contribution in [0.4, 0.5) is 0 Å². The topological polar surface area (TPSA) is 37.3 Å². The van der Waals surface area contributed by atoms with Crippen LogP contribution in [-0.4, -0.2) is 11.1 Å². The third kappa shape index (κ3) is 2.94. The largest absolute Gasteiger partial charge is 0.478 e. The molecule has 0 saturated carbocycles. The number of carbonyl (C=O) groups is 1. The van der Waals surface area contributed by atoms with Crippen LogP contribution in [0.25, 0.3) is 0 Å². The van der Waals surface area contributed by atoms with E-state index in [-0.39, 0.29) is 5.57 Å². The second kappa shape index (κ2) is 4.78. The van der Waals surface area contributed by atoms with E-state index in [1.807, 2.05) is 12.1 Å². The summed E-state index contributed by atoms with van der Waals surface area (Å²) < 4.78 is 0. The standard InChI is InChI=1S/C13H16O2/c1-9-5-4-6-12(11(9)3)8-7-10(2)13(14)15/h4-6H,2,7-8H2,1,3H3,(H,14,15). The number of aliphatic carboxylic acids is 1. The van der Waals surface area contributed by atoms with Crippen molar-refractivity contribution in [3.8, 4) is 0 Å². The van der Waals surface area contributed by atoms with Crippen molar-refractivity contribution in [2.24, 2.45) is 0 Å². The molecular weight excluding hydrogens is 188 g/mol. The van der Waals surface area contributed by atoms with E-state index in [1.165, 1.54) is 16.7 Å². The second-order valence-corrected chi connectivity index (χ2v) is 3.77. The van der Waals surface area contributed by atoms with Crippen LogP contribution >= 0.6 is 0 Å². The monoisotopic (exact) mass is 204 g/mol. The number of aryl methyl sites for hydroxylation is 2. The quantitative estimate of drug-likeness (QED) is 0.766. The van der Waals surface area contributed by atoms with E-state index in [4.69, 9.17) is 5.11 Å². The van der Waals surface area contributed by atoms with Crippen LogP contribution in [0.2, 0.25) is 0 Å². The maximum Gasteiger partial charge on any atom is 0.330 e. The zero-order chi connectivity index (χ0) is 11.4. The average molecular weight is 204 g/mol. The third-order valence-electron chi connectivity index (χ3n) is 2.72. The van der Waals surface area contributed by atoms with E-state index in [2.05, 4.69) is 26.5 Å². The molecule has 0 saturated heterocycles. The van der Waals surface area contributed by atoms with Crippen molar-refractivity contribution in [2.75, 3.05) is 0 Å². The minimum atomic E-state index is -0.902. The van der Waals surface area contributed by atoms with Gasteiger partial charge in [0.1, 0.15) is 0 Å². The molecule has 0 aliphatic carbocycles. The normalized spacial score (nSPS) is 10.0. The summed E-state index contributed by atoms with van der Waals surface area (Å²) >= 11 is 0. The Bertz CT molecular complexity index is 392. The number of hydrogen-bond donors (Lipinski definition) is 1. The maximum absolute atomic E-state index is 10.6. The summed E-state index contributed by atoms with van der Waals surface area (Å²) in [6.07, 6.45) is 1.26. The average Bonchev–Trinajstić information content (AvgIpc) is 2.19. The molecule has 80 valence electrons. The van der Waals surface area contributed by atoms with E-state index in [0.717, 1.165) is 6.42 Å². The van der Waals surface area contributed by atoms with Crippen molar-refractivity contribution >= 4 is 5.97 Å². The van der Waals surface area contributed by atoms with Crippen LogP contribution in [0, 0.1) is 13.8 Å². The first kappa shape index (κ1) is 11.5.